The molecule has 1 atom stereocenters. The molecule has 11 heteroatoms. The summed E-state index contributed by atoms with van der Waals surface area (Å²) in [7, 11) is 0. The van der Waals surface area contributed by atoms with Gasteiger partial charge in [-0.25, -0.2) is 4.98 Å². The number of aromatic nitrogens is 1. The molecule has 1 heterocycles. The quantitative estimate of drug-likeness (QED) is 0.0757. The van der Waals surface area contributed by atoms with Crippen molar-refractivity contribution in [1.82, 2.24) is 10.3 Å². The Hall–Kier alpha value is -5.91. The molecule has 0 aliphatic heterocycles. The van der Waals surface area contributed by atoms with Crippen LogP contribution in [0.3, 0.4) is 0 Å². The Morgan fingerprint density at radius 1 is 0.788 bits per heavy atom. The molecule has 0 radical (unpaired) electrons. The summed E-state index contributed by atoms with van der Waals surface area (Å²) in [5, 5.41) is 8.57. The van der Waals surface area contributed by atoms with Gasteiger partial charge in [0.1, 0.15) is 22.4 Å². The van der Waals surface area contributed by atoms with Gasteiger partial charge in [-0.2, -0.15) is 0 Å². The fourth-order valence-corrected chi connectivity index (χ4v) is 7.23. The molecule has 0 fully saturated rings. The molecule has 3 N–H and O–H groups in total. The molecule has 0 aliphatic carbocycles. The Bertz CT molecular complexity index is 2210. The van der Waals surface area contributed by atoms with E-state index >= 15 is 0 Å². The molecule has 0 aliphatic rings. The average Bonchev–Trinajstić information content (AvgIpc) is 3.56. The number of fused-ring (bicyclic) bond motifs is 1. The Balaban J connectivity index is 1.23. The molecule has 3 amide bonds. The number of para-hydroxylation sites is 1. The lowest BCUT2D eigenvalue weighted by atomic mass is 10.1. The van der Waals surface area contributed by atoms with Gasteiger partial charge in [0.25, 0.3) is 11.8 Å². The van der Waals surface area contributed by atoms with E-state index in [9.17, 15) is 14.4 Å². The fourth-order valence-electron chi connectivity index (χ4n) is 5.25. The second-order valence-corrected chi connectivity index (χ2v) is 13.5. The third-order valence-electron chi connectivity index (χ3n) is 7.63. The maximum Gasteiger partial charge on any atom is 0.272 e. The predicted octanol–water partition coefficient (Wildman–Crippen LogP) is 8.98. The van der Waals surface area contributed by atoms with E-state index in [1.807, 2.05) is 92.7 Å². The van der Waals surface area contributed by atoms with Gasteiger partial charge in [-0.1, -0.05) is 84.1 Å². The summed E-state index contributed by atoms with van der Waals surface area (Å²) < 4.78 is 12.3. The van der Waals surface area contributed by atoms with Gasteiger partial charge in [0, 0.05) is 21.7 Å². The van der Waals surface area contributed by atoms with Crippen LogP contribution in [0, 0.1) is 0 Å². The van der Waals surface area contributed by atoms with Gasteiger partial charge < -0.3 is 25.4 Å². The number of nitrogens with one attached hydrogen (secondary N) is 3. The van der Waals surface area contributed by atoms with E-state index in [2.05, 4.69) is 20.9 Å². The van der Waals surface area contributed by atoms with Crippen LogP contribution >= 0.6 is 23.1 Å². The standard InChI is InChI=1S/C41H36N4O5S2/c1-3-49-31-22-23-33-36(26-31)52-41(44-33)45-40(48)37(27-14-7-5-8-15-27)51-32-20-13-19-30(25-32)42-39(47)34(43-38(46)28-16-9-6-10-17-28)24-29-18-11-12-21-35(29)50-4-2/h5-26,37H,3-4H2,1-2H3,(H,42,47)(H,43,46)(H,44,45,48)/b34-24+. The van der Waals surface area contributed by atoms with Crippen LogP contribution in [-0.2, 0) is 9.59 Å². The van der Waals surface area contributed by atoms with Crippen molar-refractivity contribution in [2.75, 3.05) is 23.8 Å². The molecule has 9 nitrogen and oxygen atoms in total. The van der Waals surface area contributed by atoms with Crippen LogP contribution in [0.15, 0.2) is 138 Å². The third-order valence-corrected chi connectivity index (χ3v) is 9.82. The highest BCUT2D eigenvalue weighted by molar-refractivity contribution is 8.00. The number of hydrogen-bond donors (Lipinski definition) is 3. The summed E-state index contributed by atoms with van der Waals surface area (Å²) in [5.74, 6) is 0.126. The Kier molecular flexibility index (Phi) is 12.0. The number of thioether (sulfide) groups is 1. The van der Waals surface area contributed by atoms with E-state index in [0.29, 0.717) is 40.9 Å². The molecular weight excluding hydrogens is 693 g/mol. The summed E-state index contributed by atoms with van der Waals surface area (Å²) in [6.45, 7) is 4.80. The molecular formula is C41H36N4O5S2. The monoisotopic (exact) mass is 728 g/mol. The number of rotatable bonds is 14. The summed E-state index contributed by atoms with van der Waals surface area (Å²) in [6, 6.07) is 38.3. The van der Waals surface area contributed by atoms with Crippen molar-refractivity contribution >= 4 is 67.9 Å². The highest BCUT2D eigenvalue weighted by Crippen LogP contribution is 2.38. The zero-order chi connectivity index (χ0) is 36.3. The number of ether oxygens (including phenoxy) is 2. The lowest BCUT2D eigenvalue weighted by molar-refractivity contribution is -0.116. The van der Waals surface area contributed by atoms with Crippen molar-refractivity contribution in [2.24, 2.45) is 0 Å². The number of nitrogens with zero attached hydrogens (tertiary/aromatic N) is 1. The molecule has 0 saturated carbocycles. The Labute approximate surface area is 310 Å². The van der Waals surface area contributed by atoms with E-state index < -0.39 is 17.1 Å². The number of amides is 3. The molecule has 6 aromatic rings. The van der Waals surface area contributed by atoms with Crippen LogP contribution in [0.2, 0.25) is 0 Å². The van der Waals surface area contributed by atoms with Gasteiger partial charge in [0.05, 0.1) is 23.4 Å². The molecule has 1 unspecified atom stereocenters. The molecule has 6 rings (SSSR count). The second-order valence-electron chi connectivity index (χ2n) is 11.3. The number of carbonyl (C=O) groups excluding carboxylic acids is 3. The van der Waals surface area contributed by atoms with E-state index in [4.69, 9.17) is 9.47 Å². The van der Waals surface area contributed by atoms with Crippen LogP contribution in [0.1, 0.15) is 40.6 Å². The number of benzene rings is 5. The van der Waals surface area contributed by atoms with E-state index in [1.165, 1.54) is 23.1 Å². The summed E-state index contributed by atoms with van der Waals surface area (Å²) in [5.41, 5.74) is 3.13. The molecule has 0 bridgehead atoms. The predicted molar refractivity (Wildman–Crippen MR) is 209 cm³/mol. The minimum atomic E-state index is -0.631. The van der Waals surface area contributed by atoms with Crippen molar-refractivity contribution in [1.29, 1.82) is 0 Å². The fraction of sp³-hybridized carbons (Fsp3) is 0.122. The number of hydrogen-bond acceptors (Lipinski definition) is 8. The first-order valence-corrected chi connectivity index (χ1v) is 18.4. The first kappa shape index (κ1) is 35.9. The molecule has 52 heavy (non-hydrogen) atoms. The van der Waals surface area contributed by atoms with Crippen LogP contribution in [-0.4, -0.2) is 35.9 Å². The van der Waals surface area contributed by atoms with Crippen LogP contribution in [0.25, 0.3) is 16.3 Å². The highest BCUT2D eigenvalue weighted by Gasteiger charge is 2.24. The third kappa shape index (κ3) is 9.25. The Morgan fingerprint density at radius 2 is 1.52 bits per heavy atom. The molecule has 5 aromatic carbocycles. The van der Waals surface area contributed by atoms with E-state index in [-0.39, 0.29) is 11.6 Å². The number of anilines is 2. The first-order valence-electron chi connectivity index (χ1n) is 16.7. The number of thiazole rings is 1. The number of carbonyl (C=O) groups is 3. The first-order chi connectivity index (χ1) is 25.4. The zero-order valence-electron chi connectivity index (χ0n) is 28.5. The Morgan fingerprint density at radius 3 is 2.29 bits per heavy atom. The SMILES string of the molecule is CCOc1ccc2nc(NC(=O)C(Sc3cccc(NC(=O)/C(=C\c4ccccc4OCC)NC(=O)c4ccccc4)c3)c3ccccc3)sc2c1. The lowest BCUT2D eigenvalue weighted by Crippen LogP contribution is -2.30. The molecule has 0 spiro atoms. The van der Waals surface area contributed by atoms with Crippen molar-refractivity contribution in [3.8, 4) is 11.5 Å². The highest BCUT2D eigenvalue weighted by atomic mass is 32.2. The van der Waals surface area contributed by atoms with Crippen molar-refractivity contribution in [2.45, 2.75) is 24.0 Å². The van der Waals surface area contributed by atoms with E-state index in [0.717, 1.165) is 26.4 Å². The van der Waals surface area contributed by atoms with Crippen molar-refractivity contribution in [3.05, 3.63) is 150 Å². The second kappa shape index (κ2) is 17.3. The van der Waals surface area contributed by atoms with Crippen LogP contribution in [0.4, 0.5) is 10.8 Å². The average molecular weight is 729 g/mol. The van der Waals surface area contributed by atoms with Crippen LogP contribution in [0.5, 0.6) is 11.5 Å². The lowest BCUT2D eigenvalue weighted by Gasteiger charge is -2.17. The van der Waals surface area contributed by atoms with Gasteiger partial charge in [-0.15, -0.1) is 11.8 Å². The van der Waals surface area contributed by atoms with Gasteiger partial charge in [-0.3, -0.25) is 14.4 Å². The maximum absolute atomic E-state index is 13.9. The van der Waals surface area contributed by atoms with Crippen molar-refractivity contribution < 1.29 is 23.9 Å². The van der Waals surface area contributed by atoms with Gasteiger partial charge in [0.2, 0.25) is 5.91 Å². The maximum atomic E-state index is 13.9. The summed E-state index contributed by atoms with van der Waals surface area (Å²) in [4.78, 5) is 46.3. The van der Waals surface area contributed by atoms with E-state index in [1.54, 1.807) is 54.6 Å². The van der Waals surface area contributed by atoms with Crippen molar-refractivity contribution in [3.63, 3.8) is 0 Å². The minimum absolute atomic E-state index is 0.0322. The molecule has 1 aromatic heterocycles. The normalized spacial score (nSPS) is 11.8. The summed E-state index contributed by atoms with van der Waals surface area (Å²) in [6.07, 6.45) is 1.59. The summed E-state index contributed by atoms with van der Waals surface area (Å²) >= 11 is 2.73. The smallest absolute Gasteiger partial charge is 0.272 e. The zero-order valence-corrected chi connectivity index (χ0v) is 30.1. The van der Waals surface area contributed by atoms with Gasteiger partial charge in [0.15, 0.2) is 5.13 Å². The topological polar surface area (TPSA) is 119 Å². The minimum Gasteiger partial charge on any atom is -0.494 e. The van der Waals surface area contributed by atoms with Gasteiger partial charge in [-0.05, 0) is 80.1 Å². The largest absolute Gasteiger partial charge is 0.494 e. The molecule has 262 valence electrons. The van der Waals surface area contributed by atoms with Gasteiger partial charge >= 0.3 is 0 Å². The van der Waals surface area contributed by atoms with Crippen LogP contribution < -0.4 is 25.4 Å². The molecule has 0 saturated heterocycles.